The van der Waals surface area contributed by atoms with E-state index < -0.39 is 17.8 Å². The average Bonchev–Trinajstić information content (AvgIpc) is 3.70. The highest BCUT2D eigenvalue weighted by Gasteiger charge is 2.42. The zero-order chi connectivity index (χ0) is 30.7. The zero-order valence-corrected chi connectivity index (χ0v) is 26.5. The number of methoxy groups -OCH3 is 1. The zero-order valence-electron chi connectivity index (χ0n) is 26.5. The van der Waals surface area contributed by atoms with Gasteiger partial charge in [0.25, 0.3) is 0 Å². The molecule has 1 aromatic heterocycles. The summed E-state index contributed by atoms with van der Waals surface area (Å²) in [5.41, 5.74) is 3.55. The molecule has 2 atom stereocenters. The molecule has 1 unspecified atom stereocenters. The largest absolute Gasteiger partial charge is 0.493 e. The van der Waals surface area contributed by atoms with Gasteiger partial charge in [-0.15, -0.1) is 0 Å². The number of unbranched alkanes of at least 4 members (excludes halogenated alkanes) is 2. The van der Waals surface area contributed by atoms with Crippen molar-refractivity contribution in [2.24, 2.45) is 5.41 Å². The van der Waals surface area contributed by atoms with Gasteiger partial charge in [0, 0.05) is 55.0 Å². The Morgan fingerprint density at radius 2 is 1.98 bits per heavy atom. The number of aliphatic carboxylic acids is 1. The van der Waals surface area contributed by atoms with Gasteiger partial charge in [-0.25, -0.2) is 9.37 Å². The first-order valence-electron chi connectivity index (χ1n) is 16.7. The molecule has 2 aromatic rings. The summed E-state index contributed by atoms with van der Waals surface area (Å²) in [6, 6.07) is 7.94. The summed E-state index contributed by atoms with van der Waals surface area (Å²) < 4.78 is 26.9. The topological polar surface area (TPSA) is 87.2 Å². The number of aromatic nitrogens is 1. The third-order valence-corrected chi connectivity index (χ3v) is 10.4. The second-order valence-corrected chi connectivity index (χ2v) is 13.8. The molecule has 0 aliphatic carbocycles. The molecule has 0 radical (unpaired) electrons. The van der Waals surface area contributed by atoms with Crippen molar-refractivity contribution in [3.05, 3.63) is 52.5 Å². The second kappa shape index (κ2) is 13.7. The summed E-state index contributed by atoms with van der Waals surface area (Å²) in [5, 5.41) is 13.8. The molecule has 240 valence electrons. The molecule has 2 bridgehead atoms. The molecule has 8 nitrogen and oxygen atoms in total. The highest BCUT2D eigenvalue weighted by Crippen LogP contribution is 2.42. The van der Waals surface area contributed by atoms with E-state index in [1.807, 2.05) is 11.0 Å². The van der Waals surface area contributed by atoms with E-state index >= 15 is 4.39 Å². The van der Waals surface area contributed by atoms with Crippen molar-refractivity contribution in [2.75, 3.05) is 45.3 Å². The number of carbonyl (C=O) groups is 1. The van der Waals surface area contributed by atoms with Gasteiger partial charge < -0.3 is 19.9 Å². The summed E-state index contributed by atoms with van der Waals surface area (Å²) in [6.07, 6.45) is 12.0. The lowest BCUT2D eigenvalue weighted by Crippen LogP contribution is -2.36. The van der Waals surface area contributed by atoms with Gasteiger partial charge in [-0.05, 0) is 100 Å². The molecule has 3 saturated heterocycles. The smallest absolute Gasteiger partial charge is 0.325 e. The van der Waals surface area contributed by atoms with Gasteiger partial charge in [0.05, 0.1) is 13.7 Å². The Labute approximate surface area is 261 Å². The normalized spacial score (nSPS) is 25.6. The quantitative estimate of drug-likeness (QED) is 0.253. The van der Waals surface area contributed by atoms with E-state index in [2.05, 4.69) is 29.3 Å². The predicted octanol–water partition coefficient (Wildman–Crippen LogP) is 5.98. The first-order chi connectivity index (χ1) is 21.3. The standard InChI is InChI=1S/C35H49FN4O4/c1-35(23-44-18-5-3-4-8-26-10-9-25-7-6-16-37-33(25)38-26)15-17-39(22-35)31(34(41)42)29-19-24(20-30(36)32(29)43-2)21-40-27-11-12-28(40)14-13-27/h9-10,19-20,27-28,31H,3-8,11-18,21-23H2,1-2H3,(H,37,38)(H,41,42)/t27?,28?,31?,35-/m0/s1. The maximum atomic E-state index is 15.3. The van der Waals surface area contributed by atoms with Crippen LogP contribution < -0.4 is 10.1 Å². The van der Waals surface area contributed by atoms with Gasteiger partial charge >= 0.3 is 5.97 Å². The molecule has 6 rings (SSSR count). The molecule has 0 saturated carbocycles. The molecule has 4 aliphatic rings. The average molecular weight is 609 g/mol. The maximum Gasteiger partial charge on any atom is 0.325 e. The summed E-state index contributed by atoms with van der Waals surface area (Å²) in [5.74, 6) is -0.360. The highest BCUT2D eigenvalue weighted by molar-refractivity contribution is 5.77. The van der Waals surface area contributed by atoms with E-state index in [1.54, 1.807) is 0 Å². The fourth-order valence-electron chi connectivity index (χ4n) is 8.07. The number of nitrogens with one attached hydrogen (secondary N) is 1. The van der Waals surface area contributed by atoms with Gasteiger partial charge in [-0.3, -0.25) is 14.6 Å². The van der Waals surface area contributed by atoms with Crippen molar-refractivity contribution < 1.29 is 23.8 Å². The van der Waals surface area contributed by atoms with Crippen molar-refractivity contribution in [1.82, 2.24) is 14.8 Å². The fourth-order valence-corrected chi connectivity index (χ4v) is 8.07. The van der Waals surface area contributed by atoms with Crippen molar-refractivity contribution in [3.63, 3.8) is 0 Å². The lowest BCUT2D eigenvalue weighted by atomic mass is 9.91. The van der Waals surface area contributed by atoms with Crippen LogP contribution in [0.1, 0.15) is 93.1 Å². The number of carboxylic acids is 1. The number of rotatable bonds is 14. The number of ether oxygens (including phenoxy) is 2. The molecule has 3 fully saturated rings. The number of halogens is 1. The van der Waals surface area contributed by atoms with Crippen LogP contribution in [-0.2, 0) is 28.9 Å². The number of likely N-dealkylation sites (tertiary alicyclic amines) is 1. The third kappa shape index (κ3) is 6.90. The molecule has 9 heteroatoms. The number of nitrogens with zero attached hydrogens (tertiary/aromatic N) is 3. The van der Waals surface area contributed by atoms with E-state index in [0.29, 0.717) is 50.5 Å². The van der Waals surface area contributed by atoms with E-state index in [1.165, 1.54) is 50.8 Å². The SMILES string of the molecule is COc1c(F)cc(CN2C3CCC2CC3)cc1C(C(=O)O)N1CC[C@](C)(COCCCCCc2ccc3c(n2)NCCC3)C1. The van der Waals surface area contributed by atoms with Gasteiger partial charge in [-0.1, -0.05) is 19.4 Å². The molecule has 44 heavy (non-hydrogen) atoms. The number of carboxylic acid groups (broad SMARTS) is 1. The Kier molecular flexibility index (Phi) is 9.74. The van der Waals surface area contributed by atoms with Gasteiger partial charge in [0.1, 0.15) is 11.9 Å². The Bertz CT molecular complexity index is 1300. The molecule has 5 heterocycles. The summed E-state index contributed by atoms with van der Waals surface area (Å²) in [6.45, 7) is 6.29. The fraction of sp³-hybridized carbons (Fsp3) is 0.657. The Morgan fingerprint density at radius 1 is 1.18 bits per heavy atom. The number of anilines is 1. The molecule has 0 spiro atoms. The van der Waals surface area contributed by atoms with Crippen LogP contribution >= 0.6 is 0 Å². The number of hydrogen-bond acceptors (Lipinski definition) is 7. The van der Waals surface area contributed by atoms with E-state index in [-0.39, 0.29) is 11.2 Å². The van der Waals surface area contributed by atoms with E-state index in [9.17, 15) is 9.90 Å². The molecule has 1 aromatic carbocycles. The van der Waals surface area contributed by atoms with E-state index in [4.69, 9.17) is 14.5 Å². The number of hydrogen-bond donors (Lipinski definition) is 2. The van der Waals surface area contributed by atoms with Crippen molar-refractivity contribution in [1.29, 1.82) is 0 Å². The van der Waals surface area contributed by atoms with Crippen molar-refractivity contribution in [3.8, 4) is 5.75 Å². The van der Waals surface area contributed by atoms with Crippen LogP contribution in [0.4, 0.5) is 10.2 Å². The molecule has 4 aliphatic heterocycles. The highest BCUT2D eigenvalue weighted by atomic mass is 19.1. The van der Waals surface area contributed by atoms with E-state index in [0.717, 1.165) is 62.1 Å². The number of benzene rings is 1. The summed E-state index contributed by atoms with van der Waals surface area (Å²) in [7, 11) is 1.42. The molecule has 2 N–H and O–H groups in total. The molecular formula is C35H49FN4O4. The number of fused-ring (bicyclic) bond motifs is 3. The first-order valence-corrected chi connectivity index (χ1v) is 16.7. The second-order valence-electron chi connectivity index (χ2n) is 13.8. The minimum atomic E-state index is -0.976. The minimum absolute atomic E-state index is 0.0391. The Morgan fingerprint density at radius 3 is 2.73 bits per heavy atom. The summed E-state index contributed by atoms with van der Waals surface area (Å²) >= 11 is 0. The minimum Gasteiger partial charge on any atom is -0.493 e. The predicted molar refractivity (Wildman–Crippen MR) is 169 cm³/mol. The lowest BCUT2D eigenvalue weighted by Gasteiger charge is -2.30. The number of pyridine rings is 1. The van der Waals surface area contributed by atoms with Crippen LogP contribution in [0.25, 0.3) is 0 Å². The Hall–Kier alpha value is -2.75. The third-order valence-electron chi connectivity index (χ3n) is 10.4. The molecular weight excluding hydrogens is 559 g/mol. The van der Waals surface area contributed by atoms with Crippen LogP contribution in [-0.4, -0.2) is 77.9 Å². The van der Waals surface area contributed by atoms with Crippen LogP contribution in [0.5, 0.6) is 5.75 Å². The monoisotopic (exact) mass is 608 g/mol. The summed E-state index contributed by atoms with van der Waals surface area (Å²) in [4.78, 5) is 22.0. The Balaban J connectivity index is 1.00. The number of aryl methyl sites for hydroxylation is 2. The van der Waals surface area contributed by atoms with Crippen LogP contribution in [0.2, 0.25) is 0 Å². The molecule has 0 amide bonds. The van der Waals surface area contributed by atoms with Crippen LogP contribution in [0, 0.1) is 11.2 Å². The van der Waals surface area contributed by atoms with Crippen molar-refractivity contribution in [2.45, 2.75) is 102 Å². The first kappa shape index (κ1) is 31.2. The van der Waals surface area contributed by atoms with Gasteiger partial charge in [-0.2, -0.15) is 0 Å². The van der Waals surface area contributed by atoms with Crippen LogP contribution in [0.15, 0.2) is 24.3 Å². The van der Waals surface area contributed by atoms with Gasteiger partial charge in [0.2, 0.25) is 0 Å². The van der Waals surface area contributed by atoms with Gasteiger partial charge in [0.15, 0.2) is 11.6 Å². The van der Waals surface area contributed by atoms with Crippen molar-refractivity contribution >= 4 is 11.8 Å². The van der Waals surface area contributed by atoms with Crippen LogP contribution in [0.3, 0.4) is 0 Å². The lowest BCUT2D eigenvalue weighted by molar-refractivity contribution is -0.143. The maximum absolute atomic E-state index is 15.3.